The van der Waals surface area contributed by atoms with E-state index in [1.807, 2.05) is 78.9 Å². The average molecular weight is 501 g/mol. The van der Waals surface area contributed by atoms with Gasteiger partial charge in [-0.05, 0) is 75.1 Å². The van der Waals surface area contributed by atoms with Crippen molar-refractivity contribution in [2.24, 2.45) is 5.92 Å². The number of fused-ring (bicyclic) bond motifs is 1. The van der Waals surface area contributed by atoms with Gasteiger partial charge in [0.25, 0.3) is 0 Å². The molecule has 2 heterocycles. The van der Waals surface area contributed by atoms with Gasteiger partial charge in [-0.2, -0.15) is 0 Å². The van der Waals surface area contributed by atoms with Crippen molar-refractivity contribution in [3.05, 3.63) is 90.0 Å². The second kappa shape index (κ2) is 11.8. The first-order chi connectivity index (χ1) is 17.7. The van der Waals surface area contributed by atoms with Crippen molar-refractivity contribution in [2.45, 2.75) is 35.8 Å². The zero-order valence-electron chi connectivity index (χ0n) is 20.4. The third kappa shape index (κ3) is 6.00. The highest BCUT2D eigenvalue weighted by atomic mass is 32.2. The number of anilines is 1. The number of nitrogens with zero attached hydrogens (tertiary/aromatic N) is 1. The molecule has 2 aliphatic heterocycles. The number of Topliss-reactive ketones (excluding diaryl/α,β-unsaturated/α-hetero) is 1. The van der Waals surface area contributed by atoms with Gasteiger partial charge in [0, 0.05) is 16.4 Å². The van der Waals surface area contributed by atoms with Gasteiger partial charge < -0.3 is 15.0 Å². The van der Waals surface area contributed by atoms with Gasteiger partial charge in [0.2, 0.25) is 5.91 Å². The molecule has 3 aromatic rings. The van der Waals surface area contributed by atoms with Gasteiger partial charge in [0.05, 0.1) is 12.3 Å². The van der Waals surface area contributed by atoms with Crippen molar-refractivity contribution >= 4 is 29.1 Å². The van der Waals surface area contributed by atoms with Crippen molar-refractivity contribution in [3.63, 3.8) is 0 Å². The molecule has 2 aliphatic rings. The van der Waals surface area contributed by atoms with E-state index >= 15 is 0 Å². The highest BCUT2D eigenvalue weighted by Crippen LogP contribution is 2.43. The number of carbonyl (C=O) groups excluding carboxylic acids is 2. The molecule has 186 valence electrons. The number of thioether (sulfide) groups is 1. The Hall–Kier alpha value is -3.09. The van der Waals surface area contributed by atoms with Gasteiger partial charge in [0.1, 0.15) is 11.0 Å². The molecule has 0 spiro atoms. The number of hydrogen-bond donors (Lipinski definition) is 1. The second-order valence-electron chi connectivity index (χ2n) is 9.45. The van der Waals surface area contributed by atoms with Crippen LogP contribution in [0.1, 0.15) is 46.9 Å². The minimum absolute atomic E-state index is 0.0147. The Kier molecular flexibility index (Phi) is 8.04. The van der Waals surface area contributed by atoms with Crippen LogP contribution in [0.25, 0.3) is 0 Å². The largest absolute Gasteiger partial charge is 0.494 e. The lowest BCUT2D eigenvalue weighted by molar-refractivity contribution is -0.115. The molecule has 5 nitrogen and oxygen atoms in total. The number of para-hydroxylation sites is 1. The van der Waals surface area contributed by atoms with E-state index in [1.165, 1.54) is 0 Å². The predicted molar refractivity (Wildman–Crippen MR) is 145 cm³/mol. The summed E-state index contributed by atoms with van der Waals surface area (Å²) in [4.78, 5) is 28.8. The van der Waals surface area contributed by atoms with Crippen molar-refractivity contribution in [3.8, 4) is 5.75 Å². The fourth-order valence-electron chi connectivity index (χ4n) is 4.89. The standard InChI is InChI=1S/C30H32N2O3S/c33-28(22-8-2-1-3-9-22)23-16-19-32(20-17-23)18-6-7-21-35-25-14-12-24(13-15-25)29-30(34)31-26-10-4-5-11-27(26)36-29/h1-5,8-15,23,29H,6-7,16-21H2,(H,31,34). The predicted octanol–water partition coefficient (Wildman–Crippen LogP) is 6.23. The first-order valence-electron chi connectivity index (χ1n) is 12.8. The smallest absolute Gasteiger partial charge is 0.242 e. The fourth-order valence-corrected chi connectivity index (χ4v) is 6.01. The number of likely N-dealkylation sites (tertiary alicyclic amines) is 1. The molecule has 3 aromatic carbocycles. The van der Waals surface area contributed by atoms with Gasteiger partial charge in [-0.25, -0.2) is 0 Å². The summed E-state index contributed by atoms with van der Waals surface area (Å²) >= 11 is 1.59. The van der Waals surface area contributed by atoms with Crippen LogP contribution >= 0.6 is 11.8 Å². The Bertz CT molecular complexity index is 1170. The fraction of sp³-hybridized carbons (Fsp3) is 0.333. The molecule has 0 aliphatic carbocycles. The van der Waals surface area contributed by atoms with E-state index in [4.69, 9.17) is 4.74 Å². The van der Waals surface area contributed by atoms with E-state index in [9.17, 15) is 9.59 Å². The Morgan fingerprint density at radius 2 is 1.64 bits per heavy atom. The summed E-state index contributed by atoms with van der Waals surface area (Å²) in [6.07, 6.45) is 3.95. The topological polar surface area (TPSA) is 58.6 Å². The van der Waals surface area contributed by atoms with Gasteiger partial charge in [-0.15, -0.1) is 11.8 Å². The molecule has 1 N–H and O–H groups in total. The van der Waals surface area contributed by atoms with Gasteiger partial charge in [-0.3, -0.25) is 9.59 Å². The third-order valence-corrected chi connectivity index (χ3v) is 8.30. The van der Waals surface area contributed by atoms with E-state index in [1.54, 1.807) is 11.8 Å². The number of rotatable bonds is 9. The molecule has 6 heteroatoms. The maximum atomic E-state index is 12.7. The van der Waals surface area contributed by atoms with E-state index < -0.39 is 0 Å². The number of benzene rings is 3. The summed E-state index contributed by atoms with van der Waals surface area (Å²) < 4.78 is 5.95. The molecule has 5 rings (SSSR count). The number of amides is 1. The van der Waals surface area contributed by atoms with Crippen LogP contribution in [0, 0.1) is 5.92 Å². The van der Waals surface area contributed by atoms with Gasteiger partial charge in [0.15, 0.2) is 5.78 Å². The lowest BCUT2D eigenvalue weighted by Gasteiger charge is -2.31. The molecule has 1 atom stereocenters. The normalized spacial score (nSPS) is 18.3. The first kappa shape index (κ1) is 24.6. The number of unbranched alkanes of at least 4 members (excludes halogenated alkanes) is 1. The van der Waals surface area contributed by atoms with Crippen LogP contribution in [-0.2, 0) is 4.79 Å². The highest BCUT2D eigenvalue weighted by Gasteiger charge is 2.28. The molecule has 1 saturated heterocycles. The van der Waals surface area contributed by atoms with Crippen LogP contribution in [0.5, 0.6) is 5.75 Å². The average Bonchev–Trinajstić information content (AvgIpc) is 2.93. The summed E-state index contributed by atoms with van der Waals surface area (Å²) in [5.41, 5.74) is 2.70. The molecule has 1 amide bonds. The van der Waals surface area contributed by atoms with Crippen LogP contribution < -0.4 is 10.1 Å². The van der Waals surface area contributed by atoms with Crippen molar-refractivity contribution in [2.75, 3.05) is 31.6 Å². The SMILES string of the molecule is O=C(c1ccccc1)C1CCN(CCCCOc2ccc(C3Sc4ccccc4NC3=O)cc2)CC1. The number of carbonyl (C=O) groups is 2. The Labute approximate surface area is 217 Å². The van der Waals surface area contributed by atoms with Crippen molar-refractivity contribution in [1.29, 1.82) is 0 Å². The van der Waals surface area contributed by atoms with Crippen molar-refractivity contribution < 1.29 is 14.3 Å². The quantitative estimate of drug-likeness (QED) is 0.279. The molecule has 0 saturated carbocycles. The molecule has 0 radical (unpaired) electrons. The zero-order valence-corrected chi connectivity index (χ0v) is 21.2. The third-order valence-electron chi connectivity index (χ3n) is 6.96. The molecule has 0 aromatic heterocycles. The molecular weight excluding hydrogens is 468 g/mol. The summed E-state index contributed by atoms with van der Waals surface area (Å²) in [6, 6.07) is 25.5. The maximum absolute atomic E-state index is 12.7. The van der Waals surface area contributed by atoms with Crippen LogP contribution in [0.15, 0.2) is 83.8 Å². The van der Waals surface area contributed by atoms with E-state index in [2.05, 4.69) is 10.2 Å². The van der Waals surface area contributed by atoms with Gasteiger partial charge in [-0.1, -0.05) is 54.6 Å². The van der Waals surface area contributed by atoms with Gasteiger partial charge >= 0.3 is 0 Å². The molecule has 0 bridgehead atoms. The lowest BCUT2D eigenvalue weighted by Crippen LogP contribution is -2.37. The lowest BCUT2D eigenvalue weighted by atomic mass is 9.89. The van der Waals surface area contributed by atoms with Crippen LogP contribution in [0.4, 0.5) is 5.69 Å². The molecular formula is C30H32N2O3S. The number of ketones is 1. The highest BCUT2D eigenvalue weighted by molar-refractivity contribution is 8.00. The maximum Gasteiger partial charge on any atom is 0.242 e. The number of hydrogen-bond acceptors (Lipinski definition) is 5. The molecule has 1 unspecified atom stereocenters. The Morgan fingerprint density at radius 1 is 0.917 bits per heavy atom. The minimum Gasteiger partial charge on any atom is -0.494 e. The Morgan fingerprint density at radius 3 is 2.42 bits per heavy atom. The van der Waals surface area contributed by atoms with Crippen LogP contribution in [-0.4, -0.2) is 42.8 Å². The monoisotopic (exact) mass is 500 g/mol. The molecule has 1 fully saturated rings. The summed E-state index contributed by atoms with van der Waals surface area (Å²) in [6.45, 7) is 3.70. The summed E-state index contributed by atoms with van der Waals surface area (Å²) in [7, 11) is 0. The van der Waals surface area contributed by atoms with Crippen molar-refractivity contribution in [1.82, 2.24) is 4.90 Å². The first-order valence-corrected chi connectivity index (χ1v) is 13.7. The number of ether oxygens (including phenoxy) is 1. The zero-order chi connectivity index (χ0) is 24.7. The number of piperidine rings is 1. The van der Waals surface area contributed by atoms with E-state index in [0.717, 1.165) is 72.8 Å². The minimum atomic E-state index is -0.249. The second-order valence-corrected chi connectivity index (χ2v) is 10.6. The summed E-state index contributed by atoms with van der Waals surface area (Å²) in [5, 5.41) is 2.75. The van der Waals surface area contributed by atoms with Crippen LogP contribution in [0.2, 0.25) is 0 Å². The van der Waals surface area contributed by atoms with E-state index in [0.29, 0.717) is 12.4 Å². The molecule has 36 heavy (non-hydrogen) atoms. The van der Waals surface area contributed by atoms with E-state index in [-0.39, 0.29) is 17.1 Å². The van der Waals surface area contributed by atoms with Crippen LogP contribution in [0.3, 0.4) is 0 Å². The Balaban J connectivity index is 1.00. The summed E-state index contributed by atoms with van der Waals surface area (Å²) in [5.74, 6) is 1.30. The number of nitrogens with one attached hydrogen (secondary N) is 1.